The summed E-state index contributed by atoms with van der Waals surface area (Å²) in [5, 5.41) is 3.35. The van der Waals surface area contributed by atoms with E-state index in [1.54, 1.807) is 6.07 Å². The SMILES string of the molecule is CNC(Cc1ccc(F)cc1C)c1cc(C)cc(Br)c1. The van der Waals surface area contributed by atoms with Gasteiger partial charge in [-0.05, 0) is 73.8 Å². The van der Waals surface area contributed by atoms with Gasteiger partial charge in [-0.3, -0.25) is 0 Å². The molecule has 1 nitrogen and oxygen atoms in total. The molecule has 0 radical (unpaired) electrons. The van der Waals surface area contributed by atoms with Crippen LogP contribution in [0.3, 0.4) is 0 Å². The number of hydrogen-bond acceptors (Lipinski definition) is 1. The average molecular weight is 336 g/mol. The van der Waals surface area contributed by atoms with Gasteiger partial charge in [0.2, 0.25) is 0 Å². The molecule has 0 aliphatic rings. The van der Waals surface area contributed by atoms with Crippen molar-refractivity contribution in [2.24, 2.45) is 0 Å². The highest BCUT2D eigenvalue weighted by Crippen LogP contribution is 2.24. The second-order valence-corrected chi connectivity index (χ2v) is 6.09. The Balaban J connectivity index is 2.28. The van der Waals surface area contributed by atoms with E-state index >= 15 is 0 Å². The van der Waals surface area contributed by atoms with Gasteiger partial charge in [-0.15, -0.1) is 0 Å². The van der Waals surface area contributed by atoms with Crippen LogP contribution in [-0.4, -0.2) is 7.05 Å². The first kappa shape index (κ1) is 15.2. The summed E-state index contributed by atoms with van der Waals surface area (Å²) < 4.78 is 14.3. The molecule has 1 N–H and O–H groups in total. The Morgan fingerprint density at radius 2 is 1.90 bits per heavy atom. The summed E-state index contributed by atoms with van der Waals surface area (Å²) in [7, 11) is 1.96. The van der Waals surface area contributed by atoms with Crippen molar-refractivity contribution in [1.82, 2.24) is 5.32 Å². The second-order valence-electron chi connectivity index (χ2n) is 5.18. The number of nitrogens with one attached hydrogen (secondary N) is 1. The zero-order valence-electron chi connectivity index (χ0n) is 12.0. The van der Waals surface area contributed by atoms with E-state index in [-0.39, 0.29) is 11.9 Å². The molecule has 0 aliphatic heterocycles. The van der Waals surface area contributed by atoms with E-state index in [0.29, 0.717) is 0 Å². The van der Waals surface area contributed by atoms with Crippen LogP contribution >= 0.6 is 15.9 Å². The molecule has 0 aromatic heterocycles. The third kappa shape index (κ3) is 3.68. The molecule has 0 saturated heterocycles. The van der Waals surface area contributed by atoms with Gasteiger partial charge in [-0.1, -0.05) is 28.1 Å². The summed E-state index contributed by atoms with van der Waals surface area (Å²) in [5.74, 6) is -0.175. The molecule has 2 aromatic carbocycles. The number of benzene rings is 2. The van der Waals surface area contributed by atoms with Crippen LogP contribution in [-0.2, 0) is 6.42 Å². The maximum absolute atomic E-state index is 13.2. The van der Waals surface area contributed by atoms with Gasteiger partial charge in [0.05, 0.1) is 0 Å². The van der Waals surface area contributed by atoms with Crippen LogP contribution in [0.1, 0.15) is 28.3 Å². The molecule has 3 heteroatoms. The normalized spacial score (nSPS) is 12.4. The minimum atomic E-state index is -0.175. The highest BCUT2D eigenvalue weighted by atomic mass is 79.9. The van der Waals surface area contributed by atoms with Gasteiger partial charge in [0.15, 0.2) is 0 Å². The lowest BCUT2D eigenvalue weighted by Crippen LogP contribution is -2.19. The molecular formula is C17H19BrFN. The van der Waals surface area contributed by atoms with Gasteiger partial charge in [0.25, 0.3) is 0 Å². The van der Waals surface area contributed by atoms with E-state index in [4.69, 9.17) is 0 Å². The Bertz CT molecular complexity index is 590. The molecule has 0 bridgehead atoms. The fraction of sp³-hybridized carbons (Fsp3) is 0.294. The summed E-state index contributed by atoms with van der Waals surface area (Å²) in [5.41, 5.74) is 4.63. The molecule has 0 fully saturated rings. The van der Waals surface area contributed by atoms with E-state index in [0.717, 1.165) is 16.5 Å². The largest absolute Gasteiger partial charge is 0.313 e. The summed E-state index contributed by atoms with van der Waals surface area (Å²) in [6.07, 6.45) is 0.846. The minimum Gasteiger partial charge on any atom is -0.313 e. The maximum atomic E-state index is 13.2. The molecule has 2 aromatic rings. The van der Waals surface area contributed by atoms with Crippen LogP contribution in [0, 0.1) is 19.7 Å². The fourth-order valence-electron chi connectivity index (χ4n) is 2.46. The zero-order valence-corrected chi connectivity index (χ0v) is 13.6. The first-order chi connectivity index (χ1) is 9.49. The van der Waals surface area contributed by atoms with Gasteiger partial charge in [0.1, 0.15) is 5.82 Å². The molecule has 0 saturated carbocycles. The third-order valence-corrected chi connectivity index (χ3v) is 4.00. The molecule has 2 rings (SSSR count). The van der Waals surface area contributed by atoms with Gasteiger partial charge in [-0.25, -0.2) is 4.39 Å². The monoisotopic (exact) mass is 335 g/mol. The molecule has 1 atom stereocenters. The summed E-state index contributed by atoms with van der Waals surface area (Å²) in [6.45, 7) is 4.04. The minimum absolute atomic E-state index is 0.175. The standard InChI is InChI=1S/C17H19BrFN/c1-11-6-14(9-15(18)7-11)17(20-3)10-13-4-5-16(19)8-12(13)2/h4-9,17,20H,10H2,1-3H3. The fourth-order valence-corrected chi connectivity index (χ4v) is 3.09. The molecule has 0 spiro atoms. The lowest BCUT2D eigenvalue weighted by Gasteiger charge is -2.19. The van der Waals surface area contributed by atoms with Crippen LogP contribution in [0.4, 0.5) is 4.39 Å². The van der Waals surface area contributed by atoms with Crippen molar-refractivity contribution in [3.8, 4) is 0 Å². The molecule has 106 valence electrons. The van der Waals surface area contributed by atoms with Crippen molar-refractivity contribution in [2.45, 2.75) is 26.3 Å². The maximum Gasteiger partial charge on any atom is 0.123 e. The van der Waals surface area contributed by atoms with Gasteiger partial charge in [0, 0.05) is 10.5 Å². The highest BCUT2D eigenvalue weighted by Gasteiger charge is 2.13. The number of hydrogen-bond donors (Lipinski definition) is 1. The quantitative estimate of drug-likeness (QED) is 0.853. The lowest BCUT2D eigenvalue weighted by atomic mass is 9.95. The number of rotatable bonds is 4. The zero-order chi connectivity index (χ0) is 14.7. The predicted octanol–water partition coefficient (Wildman–Crippen LogP) is 4.71. The van der Waals surface area contributed by atoms with Crippen molar-refractivity contribution >= 4 is 15.9 Å². The number of likely N-dealkylation sites (N-methyl/N-ethyl adjacent to an activating group) is 1. The summed E-state index contributed by atoms with van der Waals surface area (Å²) in [4.78, 5) is 0. The number of halogens is 2. The van der Waals surface area contributed by atoms with E-state index in [1.165, 1.54) is 22.8 Å². The molecule has 0 heterocycles. The molecule has 20 heavy (non-hydrogen) atoms. The molecule has 0 amide bonds. The van der Waals surface area contributed by atoms with Crippen LogP contribution < -0.4 is 5.32 Å². The van der Waals surface area contributed by atoms with Crippen molar-refractivity contribution < 1.29 is 4.39 Å². The van der Waals surface area contributed by atoms with Crippen LogP contribution in [0.25, 0.3) is 0 Å². The molecular weight excluding hydrogens is 317 g/mol. The Morgan fingerprint density at radius 1 is 1.15 bits per heavy atom. The summed E-state index contributed by atoms with van der Waals surface area (Å²) >= 11 is 3.54. The average Bonchev–Trinajstić information content (AvgIpc) is 2.36. The van der Waals surface area contributed by atoms with Crippen molar-refractivity contribution in [2.75, 3.05) is 7.05 Å². The molecule has 0 aliphatic carbocycles. The van der Waals surface area contributed by atoms with Gasteiger partial charge < -0.3 is 5.32 Å². The van der Waals surface area contributed by atoms with E-state index < -0.39 is 0 Å². The van der Waals surface area contributed by atoms with E-state index in [2.05, 4.69) is 46.4 Å². The Labute approximate surface area is 128 Å². The predicted molar refractivity (Wildman–Crippen MR) is 85.5 cm³/mol. The lowest BCUT2D eigenvalue weighted by molar-refractivity contribution is 0.586. The first-order valence-corrected chi connectivity index (χ1v) is 7.48. The van der Waals surface area contributed by atoms with Crippen LogP contribution in [0.2, 0.25) is 0 Å². The third-order valence-electron chi connectivity index (χ3n) is 3.54. The smallest absolute Gasteiger partial charge is 0.123 e. The van der Waals surface area contributed by atoms with Gasteiger partial charge >= 0.3 is 0 Å². The molecule has 1 unspecified atom stereocenters. The topological polar surface area (TPSA) is 12.0 Å². The Morgan fingerprint density at radius 3 is 2.50 bits per heavy atom. The van der Waals surface area contributed by atoms with Crippen molar-refractivity contribution in [3.05, 3.63) is 68.9 Å². The second kappa shape index (κ2) is 6.51. The van der Waals surface area contributed by atoms with Crippen molar-refractivity contribution in [3.63, 3.8) is 0 Å². The van der Waals surface area contributed by atoms with E-state index in [9.17, 15) is 4.39 Å². The van der Waals surface area contributed by atoms with Crippen molar-refractivity contribution in [1.29, 1.82) is 0 Å². The van der Waals surface area contributed by atoms with Crippen LogP contribution in [0.15, 0.2) is 40.9 Å². The Kier molecular flexibility index (Phi) is 4.95. The van der Waals surface area contributed by atoms with E-state index in [1.807, 2.05) is 20.0 Å². The Hall–Kier alpha value is -1.19. The summed E-state index contributed by atoms with van der Waals surface area (Å²) in [6, 6.07) is 11.6. The van der Waals surface area contributed by atoms with Gasteiger partial charge in [-0.2, -0.15) is 0 Å². The highest BCUT2D eigenvalue weighted by molar-refractivity contribution is 9.10. The number of aryl methyl sites for hydroxylation is 2. The first-order valence-electron chi connectivity index (χ1n) is 6.69. The van der Waals surface area contributed by atoms with Crippen LogP contribution in [0.5, 0.6) is 0 Å².